The van der Waals surface area contributed by atoms with Gasteiger partial charge in [0.2, 0.25) is 5.89 Å². The molecule has 27 heavy (non-hydrogen) atoms. The highest BCUT2D eigenvalue weighted by atomic mass is 32.1. The number of nitrogens with zero attached hydrogens (tertiary/aromatic N) is 3. The summed E-state index contributed by atoms with van der Waals surface area (Å²) in [6, 6.07) is 9.85. The fraction of sp³-hybridized carbons (Fsp3) is 0.350. The second-order valence-electron chi connectivity index (χ2n) is 7.18. The molecule has 0 atom stereocenters. The molecule has 3 rings (SSSR count). The van der Waals surface area contributed by atoms with E-state index < -0.39 is 0 Å². The first-order valence-corrected chi connectivity index (χ1v) is 9.73. The number of oxazole rings is 1. The number of thiazole rings is 1. The smallest absolute Gasteiger partial charge is 0.226 e. The van der Waals surface area contributed by atoms with E-state index in [1.807, 2.05) is 30.3 Å². The minimum absolute atomic E-state index is 0.0756. The molecular formula is C20H25N5OS. The van der Waals surface area contributed by atoms with Crippen LogP contribution in [0.4, 0.5) is 0 Å². The van der Waals surface area contributed by atoms with Crippen molar-refractivity contribution >= 4 is 17.3 Å². The monoisotopic (exact) mass is 383 g/mol. The Bertz CT molecular complexity index is 892. The highest BCUT2D eigenvalue weighted by molar-refractivity contribution is 7.09. The first-order chi connectivity index (χ1) is 13.0. The van der Waals surface area contributed by atoms with Crippen molar-refractivity contribution < 1.29 is 4.42 Å². The van der Waals surface area contributed by atoms with Crippen LogP contribution in [0.2, 0.25) is 0 Å². The van der Waals surface area contributed by atoms with Gasteiger partial charge in [-0.05, 0) is 12.1 Å². The number of hydrogen-bond acceptors (Lipinski definition) is 5. The number of aliphatic imine (C=N–C) groups is 1. The van der Waals surface area contributed by atoms with Crippen LogP contribution >= 0.6 is 11.3 Å². The zero-order chi connectivity index (χ0) is 19.3. The van der Waals surface area contributed by atoms with Crippen molar-refractivity contribution in [3.63, 3.8) is 0 Å². The van der Waals surface area contributed by atoms with Crippen LogP contribution in [0.25, 0.3) is 11.5 Å². The minimum atomic E-state index is 0.0756. The summed E-state index contributed by atoms with van der Waals surface area (Å²) in [7, 11) is 1.75. The molecule has 0 aliphatic carbocycles. The Morgan fingerprint density at radius 1 is 1.07 bits per heavy atom. The zero-order valence-corrected chi connectivity index (χ0v) is 16.9. The Hall–Kier alpha value is -2.67. The molecule has 2 aromatic heterocycles. The Balaban J connectivity index is 1.52. The number of benzene rings is 1. The van der Waals surface area contributed by atoms with Gasteiger partial charge in [0.15, 0.2) is 5.96 Å². The lowest BCUT2D eigenvalue weighted by molar-refractivity contribution is 0.572. The standard InChI is InChI=1S/C20H25N5OS/c1-20(2,3)18-25-16(13-27-18)11-23-19(21-4)22-10-15-12-26-17(24-15)14-8-6-5-7-9-14/h5-9,12-13H,10-11H2,1-4H3,(H2,21,22,23). The summed E-state index contributed by atoms with van der Waals surface area (Å²) in [5.74, 6) is 1.32. The average Bonchev–Trinajstić information content (AvgIpc) is 3.32. The van der Waals surface area contributed by atoms with Gasteiger partial charge in [0.05, 0.1) is 29.5 Å². The third-order valence-electron chi connectivity index (χ3n) is 3.86. The van der Waals surface area contributed by atoms with Crippen molar-refractivity contribution in [3.8, 4) is 11.5 Å². The van der Waals surface area contributed by atoms with Gasteiger partial charge in [0.25, 0.3) is 0 Å². The summed E-state index contributed by atoms with van der Waals surface area (Å²) in [6.45, 7) is 7.67. The third-order valence-corrected chi connectivity index (χ3v) is 5.18. The first-order valence-electron chi connectivity index (χ1n) is 8.85. The quantitative estimate of drug-likeness (QED) is 0.515. The molecule has 0 saturated heterocycles. The fourth-order valence-electron chi connectivity index (χ4n) is 2.40. The summed E-state index contributed by atoms with van der Waals surface area (Å²) in [4.78, 5) is 13.5. The highest BCUT2D eigenvalue weighted by Gasteiger charge is 2.18. The molecule has 0 aliphatic rings. The Morgan fingerprint density at radius 3 is 2.41 bits per heavy atom. The Morgan fingerprint density at radius 2 is 1.78 bits per heavy atom. The van der Waals surface area contributed by atoms with E-state index in [2.05, 4.69) is 51.7 Å². The first kappa shape index (κ1) is 19.1. The molecule has 0 amide bonds. The zero-order valence-electron chi connectivity index (χ0n) is 16.1. The van der Waals surface area contributed by atoms with Crippen LogP contribution in [-0.2, 0) is 18.5 Å². The molecule has 0 spiro atoms. The summed E-state index contributed by atoms with van der Waals surface area (Å²) in [5.41, 5.74) is 2.87. The van der Waals surface area contributed by atoms with E-state index in [0.717, 1.165) is 22.0 Å². The van der Waals surface area contributed by atoms with E-state index >= 15 is 0 Å². The van der Waals surface area contributed by atoms with Gasteiger partial charge in [-0.2, -0.15) is 0 Å². The lowest BCUT2D eigenvalue weighted by Crippen LogP contribution is -2.36. The van der Waals surface area contributed by atoms with Crippen molar-refractivity contribution in [3.05, 3.63) is 58.4 Å². The fourth-order valence-corrected chi connectivity index (χ4v) is 3.31. The molecule has 6 nitrogen and oxygen atoms in total. The second-order valence-corrected chi connectivity index (χ2v) is 8.04. The maximum Gasteiger partial charge on any atom is 0.226 e. The molecule has 0 radical (unpaired) electrons. The van der Waals surface area contributed by atoms with Gasteiger partial charge in [0, 0.05) is 23.4 Å². The summed E-state index contributed by atoms with van der Waals surface area (Å²) in [5, 5.41) is 9.76. The van der Waals surface area contributed by atoms with Crippen LogP contribution in [0.5, 0.6) is 0 Å². The molecule has 0 fully saturated rings. The van der Waals surface area contributed by atoms with Crippen LogP contribution in [0.3, 0.4) is 0 Å². The molecule has 0 bridgehead atoms. The molecule has 7 heteroatoms. The molecule has 142 valence electrons. The number of rotatable bonds is 5. The average molecular weight is 384 g/mol. The van der Waals surface area contributed by atoms with Crippen molar-refractivity contribution in [1.82, 2.24) is 20.6 Å². The predicted octanol–water partition coefficient (Wildman–Crippen LogP) is 3.96. The SMILES string of the molecule is CN=C(NCc1coc(-c2ccccc2)n1)NCc1csc(C(C)(C)C)n1. The van der Waals surface area contributed by atoms with E-state index in [0.29, 0.717) is 24.9 Å². The summed E-state index contributed by atoms with van der Waals surface area (Å²) < 4.78 is 5.56. The van der Waals surface area contributed by atoms with Crippen LogP contribution in [0.15, 0.2) is 51.4 Å². The van der Waals surface area contributed by atoms with Crippen molar-refractivity contribution in [1.29, 1.82) is 0 Å². The van der Waals surface area contributed by atoms with E-state index in [1.54, 1.807) is 24.6 Å². The largest absolute Gasteiger partial charge is 0.444 e. The Labute approximate surface area is 163 Å². The van der Waals surface area contributed by atoms with Gasteiger partial charge >= 0.3 is 0 Å². The van der Waals surface area contributed by atoms with Crippen LogP contribution in [0, 0.1) is 0 Å². The van der Waals surface area contributed by atoms with Gasteiger partial charge in [-0.1, -0.05) is 39.0 Å². The van der Waals surface area contributed by atoms with E-state index in [4.69, 9.17) is 4.42 Å². The molecule has 1 aromatic carbocycles. The molecule has 2 heterocycles. The maximum absolute atomic E-state index is 5.56. The molecule has 0 aliphatic heterocycles. The Kier molecular flexibility index (Phi) is 5.91. The lowest BCUT2D eigenvalue weighted by Gasteiger charge is -2.13. The molecule has 0 saturated carbocycles. The van der Waals surface area contributed by atoms with Crippen molar-refractivity contribution in [2.45, 2.75) is 39.3 Å². The summed E-state index contributed by atoms with van der Waals surface area (Å²) in [6.07, 6.45) is 1.67. The molecule has 2 N–H and O–H groups in total. The van der Waals surface area contributed by atoms with Gasteiger partial charge in [-0.15, -0.1) is 11.3 Å². The number of guanidine groups is 1. The third kappa shape index (κ3) is 5.17. The topological polar surface area (TPSA) is 75.3 Å². The van der Waals surface area contributed by atoms with Gasteiger partial charge in [-0.3, -0.25) is 4.99 Å². The number of nitrogens with one attached hydrogen (secondary N) is 2. The van der Waals surface area contributed by atoms with Crippen molar-refractivity contribution in [2.75, 3.05) is 7.05 Å². The normalized spacial score (nSPS) is 12.2. The highest BCUT2D eigenvalue weighted by Crippen LogP contribution is 2.25. The lowest BCUT2D eigenvalue weighted by atomic mass is 9.98. The van der Waals surface area contributed by atoms with E-state index in [1.165, 1.54) is 0 Å². The second kappa shape index (κ2) is 8.35. The van der Waals surface area contributed by atoms with Crippen molar-refractivity contribution in [2.24, 2.45) is 4.99 Å². The number of hydrogen-bond donors (Lipinski definition) is 2. The number of aromatic nitrogens is 2. The maximum atomic E-state index is 5.56. The van der Waals surface area contributed by atoms with Crippen LogP contribution in [0.1, 0.15) is 37.2 Å². The predicted molar refractivity (Wildman–Crippen MR) is 110 cm³/mol. The van der Waals surface area contributed by atoms with Crippen LogP contribution < -0.4 is 10.6 Å². The van der Waals surface area contributed by atoms with E-state index in [9.17, 15) is 0 Å². The van der Waals surface area contributed by atoms with Gasteiger partial charge in [0.1, 0.15) is 6.26 Å². The minimum Gasteiger partial charge on any atom is -0.444 e. The molecule has 0 unspecified atom stereocenters. The van der Waals surface area contributed by atoms with Gasteiger partial charge < -0.3 is 15.1 Å². The molecule has 3 aromatic rings. The molecular weight excluding hydrogens is 358 g/mol. The van der Waals surface area contributed by atoms with E-state index in [-0.39, 0.29) is 5.41 Å². The summed E-state index contributed by atoms with van der Waals surface area (Å²) >= 11 is 1.69. The van der Waals surface area contributed by atoms with Gasteiger partial charge in [-0.25, -0.2) is 9.97 Å². The van der Waals surface area contributed by atoms with Crippen LogP contribution in [-0.4, -0.2) is 23.0 Å².